The quantitative estimate of drug-likeness (QED) is 0.367. The Morgan fingerprint density at radius 3 is 2.60 bits per heavy atom. The summed E-state index contributed by atoms with van der Waals surface area (Å²) >= 11 is 7.38. The maximum Gasteiger partial charge on any atom is 0.277 e. The number of nitrogens with zero attached hydrogens (tertiary/aromatic N) is 2. The van der Waals surface area contributed by atoms with Gasteiger partial charge in [0.25, 0.3) is 11.1 Å². The number of thioether (sulfide) groups is 1. The summed E-state index contributed by atoms with van der Waals surface area (Å²) in [6.45, 7) is 3.73. The summed E-state index contributed by atoms with van der Waals surface area (Å²) in [5, 5.41) is 11.4. The van der Waals surface area contributed by atoms with Crippen molar-refractivity contribution < 1.29 is 13.6 Å². The maximum absolute atomic E-state index is 13.1. The van der Waals surface area contributed by atoms with Crippen molar-refractivity contribution in [3.05, 3.63) is 82.8 Å². The first-order valence-corrected chi connectivity index (χ1v) is 10.4. The molecule has 2 aromatic carbocycles. The van der Waals surface area contributed by atoms with Crippen LogP contribution in [0.4, 0.5) is 5.69 Å². The highest BCUT2D eigenvalue weighted by atomic mass is 35.5. The Morgan fingerprint density at radius 1 is 1.10 bits per heavy atom. The van der Waals surface area contributed by atoms with Gasteiger partial charge in [-0.05, 0) is 54.9 Å². The van der Waals surface area contributed by atoms with Gasteiger partial charge in [0.15, 0.2) is 0 Å². The van der Waals surface area contributed by atoms with Gasteiger partial charge in [-0.2, -0.15) is 0 Å². The van der Waals surface area contributed by atoms with Crippen molar-refractivity contribution in [1.82, 2.24) is 10.2 Å². The molecule has 4 aromatic rings. The summed E-state index contributed by atoms with van der Waals surface area (Å²) in [6.07, 6.45) is 1.56. The molecule has 1 N–H and O–H groups in total. The molecule has 0 radical (unpaired) electrons. The van der Waals surface area contributed by atoms with E-state index in [9.17, 15) is 4.79 Å². The molecule has 6 nitrogen and oxygen atoms in total. The van der Waals surface area contributed by atoms with E-state index in [4.69, 9.17) is 20.4 Å². The number of halogens is 1. The lowest BCUT2D eigenvalue weighted by Crippen LogP contribution is -2.19. The van der Waals surface area contributed by atoms with Crippen LogP contribution in [0, 0.1) is 13.8 Å². The van der Waals surface area contributed by atoms with Gasteiger partial charge in [0, 0.05) is 10.7 Å². The average molecular weight is 440 g/mol. The molecule has 0 saturated carbocycles. The van der Waals surface area contributed by atoms with Crippen LogP contribution >= 0.6 is 23.4 Å². The van der Waals surface area contributed by atoms with Gasteiger partial charge >= 0.3 is 0 Å². The fourth-order valence-corrected chi connectivity index (χ4v) is 3.91. The van der Waals surface area contributed by atoms with Crippen LogP contribution in [0.1, 0.15) is 22.1 Å². The molecule has 152 valence electrons. The number of rotatable bonds is 6. The van der Waals surface area contributed by atoms with Crippen molar-refractivity contribution in [2.45, 2.75) is 24.3 Å². The number of carbonyl (C=O) groups is 1. The number of hydrogen-bond acceptors (Lipinski definition) is 6. The van der Waals surface area contributed by atoms with E-state index in [-0.39, 0.29) is 11.1 Å². The number of amides is 1. The minimum atomic E-state index is -0.593. The van der Waals surface area contributed by atoms with Gasteiger partial charge in [-0.3, -0.25) is 4.79 Å². The van der Waals surface area contributed by atoms with E-state index >= 15 is 0 Å². The molecule has 2 heterocycles. The third-order valence-corrected chi connectivity index (χ3v) is 5.99. The lowest BCUT2D eigenvalue weighted by Gasteiger charge is -2.15. The maximum atomic E-state index is 13.1. The Balaban J connectivity index is 1.59. The second kappa shape index (κ2) is 8.77. The van der Waals surface area contributed by atoms with Crippen molar-refractivity contribution in [3.63, 3.8) is 0 Å². The van der Waals surface area contributed by atoms with E-state index in [2.05, 4.69) is 15.5 Å². The smallest absolute Gasteiger partial charge is 0.277 e. The molecule has 30 heavy (non-hydrogen) atoms. The molecule has 0 fully saturated rings. The van der Waals surface area contributed by atoms with Crippen LogP contribution in [0.5, 0.6) is 0 Å². The second-order valence-corrected chi connectivity index (χ2v) is 8.09. The lowest BCUT2D eigenvalue weighted by molar-refractivity contribution is -0.115. The minimum absolute atomic E-state index is 0.217. The van der Waals surface area contributed by atoms with Crippen molar-refractivity contribution in [2.24, 2.45) is 0 Å². The average Bonchev–Trinajstić information content (AvgIpc) is 3.38. The van der Waals surface area contributed by atoms with Crippen LogP contribution in [0.3, 0.4) is 0 Å². The van der Waals surface area contributed by atoms with Crippen LogP contribution in [0.2, 0.25) is 5.02 Å². The fraction of sp³-hybridized carbons (Fsp3) is 0.136. The van der Waals surface area contributed by atoms with Crippen LogP contribution in [0.15, 0.2) is 74.9 Å². The number of hydrogen-bond donors (Lipinski definition) is 1. The highest BCUT2D eigenvalue weighted by molar-refractivity contribution is 8.00. The van der Waals surface area contributed by atoms with Crippen LogP contribution in [-0.2, 0) is 4.79 Å². The number of aromatic nitrogens is 2. The molecule has 2 aromatic heterocycles. The number of carbonyl (C=O) groups excluding carboxylic acids is 1. The predicted octanol–water partition coefficient (Wildman–Crippen LogP) is 6.07. The highest BCUT2D eigenvalue weighted by Gasteiger charge is 2.25. The van der Waals surface area contributed by atoms with Gasteiger partial charge in [-0.25, -0.2) is 0 Å². The Kier molecular flexibility index (Phi) is 5.92. The summed E-state index contributed by atoms with van der Waals surface area (Å²) in [4.78, 5) is 13.1. The van der Waals surface area contributed by atoms with E-state index in [1.54, 1.807) is 18.4 Å². The molecule has 4 rings (SSSR count). The van der Waals surface area contributed by atoms with Gasteiger partial charge in [0.1, 0.15) is 11.0 Å². The van der Waals surface area contributed by atoms with E-state index < -0.39 is 5.25 Å². The van der Waals surface area contributed by atoms with E-state index in [1.165, 1.54) is 11.8 Å². The predicted molar refractivity (Wildman–Crippen MR) is 117 cm³/mol. The first kappa shape index (κ1) is 20.3. The third kappa shape index (κ3) is 4.42. The van der Waals surface area contributed by atoms with Gasteiger partial charge in [0.2, 0.25) is 5.91 Å². The molecule has 0 bridgehead atoms. The Bertz CT molecular complexity index is 1170. The number of furan rings is 1. The zero-order chi connectivity index (χ0) is 21.1. The second-order valence-electron chi connectivity index (χ2n) is 6.63. The standard InChI is InChI=1S/C22H18ClN3O3S/c1-13-8-9-16(12-18(13)23)24-20(27)19(15-6-4-3-5-7-15)30-22-26-25-21(29-22)17-10-11-28-14(17)2/h3-12,19H,1-2H3,(H,24,27)/t19-/m1/s1. The van der Waals surface area contributed by atoms with Crippen molar-refractivity contribution in [2.75, 3.05) is 5.32 Å². The molecule has 0 saturated heterocycles. The van der Waals surface area contributed by atoms with Crippen molar-refractivity contribution in [1.29, 1.82) is 0 Å². The van der Waals surface area contributed by atoms with Crippen molar-refractivity contribution >= 4 is 35.0 Å². The highest BCUT2D eigenvalue weighted by Crippen LogP contribution is 2.37. The Morgan fingerprint density at radius 2 is 1.90 bits per heavy atom. The SMILES string of the molecule is Cc1ccc(NC(=O)[C@H](Sc2nnc(-c3ccoc3C)o2)c2ccccc2)cc1Cl. The van der Waals surface area contributed by atoms with Crippen molar-refractivity contribution in [3.8, 4) is 11.5 Å². The fourth-order valence-electron chi connectivity index (χ4n) is 2.85. The summed E-state index contributed by atoms with van der Waals surface area (Å²) < 4.78 is 11.1. The topological polar surface area (TPSA) is 81.2 Å². The third-order valence-electron chi connectivity index (χ3n) is 4.49. The monoisotopic (exact) mass is 439 g/mol. The molecule has 0 unspecified atom stereocenters. The molecule has 8 heteroatoms. The van der Waals surface area contributed by atoms with Gasteiger partial charge in [-0.1, -0.05) is 48.0 Å². The van der Waals surface area contributed by atoms with Gasteiger partial charge < -0.3 is 14.2 Å². The first-order valence-electron chi connectivity index (χ1n) is 9.18. The van der Waals surface area contributed by atoms with Crippen LogP contribution in [-0.4, -0.2) is 16.1 Å². The zero-order valence-electron chi connectivity index (χ0n) is 16.3. The number of benzene rings is 2. The molecule has 0 aliphatic carbocycles. The Labute approximate surface area is 182 Å². The molecule has 1 atom stereocenters. The van der Waals surface area contributed by atoms with Gasteiger partial charge in [0.05, 0.1) is 11.8 Å². The molecular formula is C22H18ClN3O3S. The number of aryl methyl sites for hydroxylation is 2. The number of nitrogens with one attached hydrogen (secondary N) is 1. The molecule has 0 aliphatic heterocycles. The van der Waals surface area contributed by atoms with Gasteiger partial charge in [-0.15, -0.1) is 10.2 Å². The largest absolute Gasteiger partial charge is 0.469 e. The van der Waals surface area contributed by atoms with E-state index in [0.717, 1.165) is 16.7 Å². The first-order chi connectivity index (χ1) is 14.5. The summed E-state index contributed by atoms with van der Waals surface area (Å²) in [6, 6.07) is 16.6. The van der Waals surface area contributed by atoms with Crippen LogP contribution in [0.25, 0.3) is 11.5 Å². The summed E-state index contributed by atoms with van der Waals surface area (Å²) in [5.74, 6) is 0.815. The van der Waals surface area contributed by atoms with E-state index in [0.29, 0.717) is 22.4 Å². The molecule has 0 aliphatic rings. The Hall–Kier alpha value is -3.03. The molecular weight excluding hydrogens is 422 g/mol. The summed E-state index contributed by atoms with van der Waals surface area (Å²) in [7, 11) is 0. The lowest BCUT2D eigenvalue weighted by atomic mass is 10.1. The van der Waals surface area contributed by atoms with Crippen LogP contribution < -0.4 is 5.32 Å². The number of anilines is 1. The van der Waals surface area contributed by atoms with E-state index in [1.807, 2.05) is 56.3 Å². The zero-order valence-corrected chi connectivity index (χ0v) is 17.8. The molecule has 0 spiro atoms. The minimum Gasteiger partial charge on any atom is -0.469 e. The normalized spacial score (nSPS) is 12.0. The summed E-state index contributed by atoms with van der Waals surface area (Å²) in [5.41, 5.74) is 3.11. The molecule has 1 amide bonds.